The molecule has 6 rings (SSSR count). The molecular formula is C32H28N2OS2. The Hall–Kier alpha value is -3.28. The SMILES string of the molecule is CC(=O)C1=NN(c2ccccc2C)[C@]2(S1)SC(c1ccccc1C)(c1ccccc1C)c1ccccc12. The van der Waals surface area contributed by atoms with Gasteiger partial charge in [-0.25, -0.2) is 5.01 Å². The van der Waals surface area contributed by atoms with Crippen molar-refractivity contribution in [2.24, 2.45) is 5.10 Å². The molecular weight excluding hydrogens is 492 g/mol. The maximum Gasteiger partial charge on any atom is 0.187 e. The summed E-state index contributed by atoms with van der Waals surface area (Å²) in [7, 11) is 0. The highest BCUT2D eigenvalue weighted by Gasteiger charge is 2.62. The Labute approximate surface area is 227 Å². The van der Waals surface area contributed by atoms with Crippen LogP contribution in [0.15, 0.2) is 102 Å². The van der Waals surface area contributed by atoms with Gasteiger partial charge in [0.15, 0.2) is 15.0 Å². The second kappa shape index (κ2) is 8.93. The maximum absolute atomic E-state index is 12.8. The summed E-state index contributed by atoms with van der Waals surface area (Å²) >= 11 is 3.46. The number of nitrogens with zero attached hydrogens (tertiary/aromatic N) is 2. The van der Waals surface area contributed by atoms with Crippen molar-refractivity contribution in [1.82, 2.24) is 0 Å². The number of Topliss-reactive ketones (excluding diaryl/α,β-unsaturated/α-hetero) is 1. The monoisotopic (exact) mass is 520 g/mol. The van der Waals surface area contributed by atoms with Crippen molar-refractivity contribution in [2.75, 3.05) is 5.01 Å². The number of fused-ring (bicyclic) bond motifs is 2. The molecule has 0 fully saturated rings. The third-order valence-electron chi connectivity index (χ3n) is 7.34. The van der Waals surface area contributed by atoms with E-state index in [1.54, 1.807) is 18.7 Å². The van der Waals surface area contributed by atoms with Gasteiger partial charge < -0.3 is 0 Å². The Morgan fingerprint density at radius 2 is 1.16 bits per heavy atom. The van der Waals surface area contributed by atoms with Crippen molar-refractivity contribution in [1.29, 1.82) is 0 Å². The number of anilines is 1. The van der Waals surface area contributed by atoms with Gasteiger partial charge in [-0.3, -0.25) is 4.79 Å². The van der Waals surface area contributed by atoms with E-state index in [2.05, 4.69) is 111 Å². The van der Waals surface area contributed by atoms with Crippen LogP contribution in [0.4, 0.5) is 5.69 Å². The number of thioether (sulfide) groups is 2. The van der Waals surface area contributed by atoms with E-state index >= 15 is 0 Å². The van der Waals surface area contributed by atoms with E-state index in [0.717, 1.165) is 11.3 Å². The quantitative estimate of drug-likeness (QED) is 0.274. The molecule has 2 aliphatic rings. The molecule has 0 N–H and O–H groups in total. The fraction of sp³-hybridized carbons (Fsp3) is 0.188. The summed E-state index contributed by atoms with van der Waals surface area (Å²) < 4.78 is -1.13. The molecule has 5 heteroatoms. The van der Waals surface area contributed by atoms with E-state index in [0.29, 0.717) is 5.04 Å². The zero-order valence-electron chi connectivity index (χ0n) is 21.4. The van der Waals surface area contributed by atoms with Crippen LogP contribution in [0.25, 0.3) is 0 Å². The van der Waals surface area contributed by atoms with Crippen LogP contribution < -0.4 is 5.01 Å². The first kappa shape index (κ1) is 24.1. The molecule has 2 aliphatic heterocycles. The Bertz CT molecular complexity index is 1530. The number of aryl methyl sites for hydroxylation is 3. The molecule has 37 heavy (non-hydrogen) atoms. The van der Waals surface area contributed by atoms with Gasteiger partial charge in [0.2, 0.25) is 0 Å². The highest BCUT2D eigenvalue weighted by Crippen LogP contribution is 2.71. The molecule has 4 aromatic carbocycles. The first-order valence-electron chi connectivity index (χ1n) is 12.5. The van der Waals surface area contributed by atoms with Crippen molar-refractivity contribution in [3.05, 3.63) is 136 Å². The molecule has 0 saturated carbocycles. The van der Waals surface area contributed by atoms with E-state index in [1.165, 1.54) is 33.4 Å². The molecule has 0 bridgehead atoms. The van der Waals surface area contributed by atoms with Crippen LogP contribution in [-0.2, 0) is 13.7 Å². The molecule has 0 radical (unpaired) electrons. The van der Waals surface area contributed by atoms with Crippen molar-refractivity contribution in [2.45, 2.75) is 36.6 Å². The van der Waals surface area contributed by atoms with Gasteiger partial charge in [0.1, 0.15) is 0 Å². The van der Waals surface area contributed by atoms with Gasteiger partial charge in [-0.15, -0.1) is 0 Å². The minimum atomic E-state index is -0.645. The Morgan fingerprint density at radius 1 is 0.676 bits per heavy atom. The number of hydrogen-bond donors (Lipinski definition) is 0. The van der Waals surface area contributed by atoms with Crippen LogP contribution in [0.1, 0.15) is 45.9 Å². The molecule has 0 aliphatic carbocycles. The fourth-order valence-corrected chi connectivity index (χ4v) is 9.32. The lowest BCUT2D eigenvalue weighted by atomic mass is 9.79. The Morgan fingerprint density at radius 3 is 1.70 bits per heavy atom. The van der Waals surface area contributed by atoms with Crippen LogP contribution in [0, 0.1) is 20.8 Å². The predicted octanol–water partition coefficient (Wildman–Crippen LogP) is 7.92. The molecule has 1 spiro atoms. The van der Waals surface area contributed by atoms with E-state index in [1.807, 2.05) is 23.9 Å². The Kier molecular flexibility index (Phi) is 5.81. The van der Waals surface area contributed by atoms with E-state index in [4.69, 9.17) is 5.10 Å². The zero-order valence-corrected chi connectivity index (χ0v) is 23.0. The number of rotatable bonds is 4. The molecule has 0 unspecified atom stereocenters. The lowest BCUT2D eigenvalue weighted by Crippen LogP contribution is -2.34. The van der Waals surface area contributed by atoms with E-state index in [-0.39, 0.29) is 5.78 Å². The zero-order chi connectivity index (χ0) is 25.8. The molecule has 184 valence electrons. The number of benzene rings is 4. The normalized spacial score (nSPS) is 19.7. The summed E-state index contributed by atoms with van der Waals surface area (Å²) in [4.78, 5) is 12.8. The average molecular weight is 521 g/mol. The van der Waals surface area contributed by atoms with Crippen LogP contribution in [0.2, 0.25) is 0 Å². The molecule has 1 atom stereocenters. The molecule has 0 saturated heterocycles. The summed E-state index contributed by atoms with van der Waals surface area (Å²) in [6.45, 7) is 8.11. The number of carbonyl (C=O) groups excluding carboxylic acids is 1. The molecule has 4 aromatic rings. The summed E-state index contributed by atoms with van der Waals surface area (Å²) in [5, 5.41) is 7.63. The van der Waals surface area contributed by atoms with Crippen molar-refractivity contribution in [3.8, 4) is 0 Å². The third kappa shape index (κ3) is 3.52. The minimum absolute atomic E-state index is 0.0113. The van der Waals surface area contributed by atoms with Gasteiger partial charge >= 0.3 is 0 Å². The van der Waals surface area contributed by atoms with Gasteiger partial charge in [-0.1, -0.05) is 115 Å². The fourth-order valence-electron chi connectivity index (χ4n) is 5.60. The van der Waals surface area contributed by atoms with Crippen LogP contribution in [0.3, 0.4) is 0 Å². The van der Waals surface area contributed by atoms with Crippen LogP contribution >= 0.6 is 23.5 Å². The lowest BCUT2D eigenvalue weighted by molar-refractivity contribution is -0.110. The summed E-state index contributed by atoms with van der Waals surface area (Å²) in [6.07, 6.45) is 0. The van der Waals surface area contributed by atoms with Crippen molar-refractivity contribution in [3.63, 3.8) is 0 Å². The van der Waals surface area contributed by atoms with E-state index < -0.39 is 8.95 Å². The van der Waals surface area contributed by atoms with Gasteiger partial charge in [0.05, 0.1) is 10.4 Å². The Balaban J connectivity index is 1.70. The topological polar surface area (TPSA) is 32.7 Å². The van der Waals surface area contributed by atoms with Gasteiger partial charge in [-0.2, -0.15) is 5.10 Å². The summed E-state index contributed by atoms with van der Waals surface area (Å²) in [5.74, 6) is -0.0113. The van der Waals surface area contributed by atoms with Gasteiger partial charge in [0, 0.05) is 12.5 Å². The summed E-state index contributed by atoms with van der Waals surface area (Å²) in [5.41, 5.74) is 9.57. The average Bonchev–Trinajstić information content (AvgIpc) is 3.42. The highest BCUT2D eigenvalue weighted by atomic mass is 32.2. The number of hydrazone groups is 1. The standard InChI is InChI=1S/C32H28N2OS2/c1-21-13-5-8-16-25(21)31(26-17-9-6-14-22(26)2)27-18-10-11-19-28(27)32(37-31)34(33-30(36-32)24(4)35)29-20-12-7-15-23(29)3/h5-20H,1-4H3/t32-/m1/s1. The summed E-state index contributed by atoms with van der Waals surface area (Å²) in [6, 6.07) is 34.4. The smallest absolute Gasteiger partial charge is 0.187 e. The second-order valence-corrected chi connectivity index (χ2v) is 12.5. The number of para-hydroxylation sites is 1. The minimum Gasteiger partial charge on any atom is -0.292 e. The van der Waals surface area contributed by atoms with Gasteiger partial charge in [0.25, 0.3) is 0 Å². The highest BCUT2D eigenvalue weighted by molar-refractivity contribution is 8.27. The molecule has 0 aromatic heterocycles. The largest absolute Gasteiger partial charge is 0.292 e. The lowest BCUT2D eigenvalue weighted by Gasteiger charge is -2.38. The second-order valence-electron chi connectivity index (χ2n) is 9.70. The molecule has 2 heterocycles. The number of ketones is 1. The van der Waals surface area contributed by atoms with Crippen LogP contribution in [-0.4, -0.2) is 10.8 Å². The number of hydrogen-bond acceptors (Lipinski definition) is 5. The predicted molar refractivity (Wildman–Crippen MR) is 157 cm³/mol. The number of carbonyl (C=O) groups is 1. The maximum atomic E-state index is 12.8. The van der Waals surface area contributed by atoms with E-state index in [9.17, 15) is 4.79 Å². The van der Waals surface area contributed by atoms with Gasteiger partial charge in [-0.05, 0) is 60.2 Å². The molecule has 3 nitrogen and oxygen atoms in total. The third-order valence-corrected chi connectivity index (χ3v) is 10.7. The first-order chi connectivity index (χ1) is 17.9. The first-order valence-corrected chi connectivity index (χ1v) is 14.1. The van der Waals surface area contributed by atoms with Crippen molar-refractivity contribution < 1.29 is 4.79 Å². The van der Waals surface area contributed by atoms with Crippen LogP contribution in [0.5, 0.6) is 0 Å². The molecule has 0 amide bonds. The van der Waals surface area contributed by atoms with Crippen molar-refractivity contribution >= 4 is 40.0 Å².